The van der Waals surface area contributed by atoms with E-state index in [1.807, 2.05) is 25.1 Å². The fraction of sp³-hybridized carbons (Fsp3) is 0.467. The number of hydrogen-bond donors (Lipinski definition) is 1. The normalized spacial score (nSPS) is 10.0. The van der Waals surface area contributed by atoms with E-state index in [2.05, 4.69) is 11.4 Å². The van der Waals surface area contributed by atoms with E-state index in [-0.39, 0.29) is 18.3 Å². The summed E-state index contributed by atoms with van der Waals surface area (Å²) in [6.07, 6.45) is 1.38. The summed E-state index contributed by atoms with van der Waals surface area (Å²) in [5, 5.41) is 2.72. The molecular weight excluding hydrogens is 242 g/mol. The standard InChI is InChI=1S/C15H21NO3/c1-3-19-15(18)9-10-16-14(17)8-7-13-6-4-5-12(2)11-13/h4-6,11H,3,7-10H2,1-2H3,(H,16,17). The Kier molecular flexibility index (Phi) is 6.64. The highest BCUT2D eigenvalue weighted by molar-refractivity contribution is 5.77. The first-order chi connectivity index (χ1) is 9.11. The lowest BCUT2D eigenvalue weighted by molar-refractivity contribution is -0.143. The van der Waals surface area contributed by atoms with E-state index >= 15 is 0 Å². The first kappa shape index (κ1) is 15.2. The maximum atomic E-state index is 11.6. The fourth-order valence-electron chi connectivity index (χ4n) is 1.75. The van der Waals surface area contributed by atoms with E-state index in [9.17, 15) is 9.59 Å². The maximum Gasteiger partial charge on any atom is 0.307 e. The van der Waals surface area contributed by atoms with Gasteiger partial charge in [0, 0.05) is 13.0 Å². The molecule has 0 fully saturated rings. The molecule has 0 saturated heterocycles. The van der Waals surface area contributed by atoms with Gasteiger partial charge in [0.15, 0.2) is 0 Å². The molecule has 1 amide bonds. The van der Waals surface area contributed by atoms with E-state index in [0.29, 0.717) is 26.0 Å². The first-order valence-corrected chi connectivity index (χ1v) is 6.59. The van der Waals surface area contributed by atoms with Gasteiger partial charge >= 0.3 is 5.97 Å². The van der Waals surface area contributed by atoms with Crippen molar-refractivity contribution in [2.45, 2.75) is 33.1 Å². The minimum absolute atomic E-state index is 0.0363. The lowest BCUT2D eigenvalue weighted by Crippen LogP contribution is -2.26. The Hall–Kier alpha value is -1.84. The first-order valence-electron chi connectivity index (χ1n) is 6.59. The van der Waals surface area contributed by atoms with Gasteiger partial charge in [0.25, 0.3) is 0 Å². The summed E-state index contributed by atoms with van der Waals surface area (Å²) < 4.78 is 4.78. The Labute approximate surface area is 114 Å². The number of amides is 1. The van der Waals surface area contributed by atoms with Crippen molar-refractivity contribution in [3.05, 3.63) is 35.4 Å². The number of aryl methyl sites for hydroxylation is 2. The highest BCUT2D eigenvalue weighted by Crippen LogP contribution is 2.06. The Morgan fingerprint density at radius 1 is 1.26 bits per heavy atom. The molecule has 0 aliphatic carbocycles. The minimum atomic E-state index is -0.276. The maximum absolute atomic E-state index is 11.6. The van der Waals surface area contributed by atoms with Crippen molar-refractivity contribution in [2.75, 3.05) is 13.2 Å². The molecule has 0 spiro atoms. The van der Waals surface area contributed by atoms with Crippen LogP contribution in [0.1, 0.15) is 30.9 Å². The number of ether oxygens (including phenoxy) is 1. The summed E-state index contributed by atoms with van der Waals surface area (Å²) in [6, 6.07) is 8.11. The van der Waals surface area contributed by atoms with Gasteiger partial charge in [-0.15, -0.1) is 0 Å². The summed E-state index contributed by atoms with van der Waals surface area (Å²) in [6.45, 7) is 4.51. The van der Waals surface area contributed by atoms with Gasteiger partial charge in [0.05, 0.1) is 13.0 Å². The van der Waals surface area contributed by atoms with Crippen LogP contribution >= 0.6 is 0 Å². The molecule has 1 aromatic rings. The molecule has 1 rings (SSSR count). The van der Waals surface area contributed by atoms with Crippen LogP contribution in [0, 0.1) is 6.92 Å². The molecule has 4 nitrogen and oxygen atoms in total. The lowest BCUT2D eigenvalue weighted by atomic mass is 10.1. The number of esters is 1. The molecular formula is C15H21NO3. The quantitative estimate of drug-likeness (QED) is 0.765. The third-order valence-corrected chi connectivity index (χ3v) is 2.68. The number of nitrogens with one attached hydrogen (secondary N) is 1. The van der Waals surface area contributed by atoms with Crippen molar-refractivity contribution in [1.82, 2.24) is 5.32 Å². The van der Waals surface area contributed by atoms with Crippen LogP contribution in [-0.2, 0) is 20.7 Å². The van der Waals surface area contributed by atoms with Gasteiger partial charge in [-0.2, -0.15) is 0 Å². The van der Waals surface area contributed by atoms with Crippen LogP contribution in [0.2, 0.25) is 0 Å². The van der Waals surface area contributed by atoms with Crippen molar-refractivity contribution < 1.29 is 14.3 Å². The molecule has 0 unspecified atom stereocenters. The van der Waals surface area contributed by atoms with Gasteiger partial charge in [-0.05, 0) is 25.8 Å². The molecule has 0 aromatic heterocycles. The minimum Gasteiger partial charge on any atom is -0.466 e. The van der Waals surface area contributed by atoms with Gasteiger partial charge in [-0.25, -0.2) is 0 Å². The van der Waals surface area contributed by atoms with E-state index in [4.69, 9.17) is 4.74 Å². The molecule has 19 heavy (non-hydrogen) atoms. The SMILES string of the molecule is CCOC(=O)CCNC(=O)CCc1cccc(C)c1. The molecule has 0 saturated carbocycles. The van der Waals surface area contributed by atoms with Gasteiger partial charge in [0.2, 0.25) is 5.91 Å². The zero-order chi connectivity index (χ0) is 14.1. The predicted octanol–water partition coefficient (Wildman–Crippen LogP) is 2.00. The van der Waals surface area contributed by atoms with Crippen molar-refractivity contribution in [3.63, 3.8) is 0 Å². The molecule has 0 atom stereocenters. The number of carbonyl (C=O) groups excluding carboxylic acids is 2. The lowest BCUT2D eigenvalue weighted by Gasteiger charge is -2.05. The largest absolute Gasteiger partial charge is 0.466 e. The average Bonchev–Trinajstić information content (AvgIpc) is 2.37. The second-order valence-electron chi connectivity index (χ2n) is 4.39. The van der Waals surface area contributed by atoms with Crippen molar-refractivity contribution in [1.29, 1.82) is 0 Å². The Balaban J connectivity index is 2.19. The highest BCUT2D eigenvalue weighted by Gasteiger charge is 2.05. The number of rotatable bonds is 7. The van der Waals surface area contributed by atoms with Crippen molar-refractivity contribution in [2.24, 2.45) is 0 Å². The second-order valence-corrected chi connectivity index (χ2v) is 4.39. The molecule has 104 valence electrons. The molecule has 1 aromatic carbocycles. The monoisotopic (exact) mass is 263 g/mol. The molecule has 0 bridgehead atoms. The van der Waals surface area contributed by atoms with E-state index in [1.54, 1.807) is 6.92 Å². The van der Waals surface area contributed by atoms with Crippen molar-refractivity contribution in [3.8, 4) is 0 Å². The van der Waals surface area contributed by atoms with Crippen LogP contribution in [0.5, 0.6) is 0 Å². The van der Waals surface area contributed by atoms with Gasteiger partial charge < -0.3 is 10.1 Å². The highest BCUT2D eigenvalue weighted by atomic mass is 16.5. The summed E-state index contributed by atoms with van der Waals surface area (Å²) in [4.78, 5) is 22.6. The molecule has 0 aliphatic rings. The Morgan fingerprint density at radius 3 is 2.74 bits per heavy atom. The predicted molar refractivity (Wildman–Crippen MR) is 73.8 cm³/mol. The molecule has 0 aliphatic heterocycles. The van der Waals surface area contributed by atoms with Gasteiger partial charge in [-0.1, -0.05) is 29.8 Å². The van der Waals surface area contributed by atoms with Crippen LogP contribution in [0.3, 0.4) is 0 Å². The number of hydrogen-bond acceptors (Lipinski definition) is 3. The average molecular weight is 263 g/mol. The van der Waals surface area contributed by atoms with Crippen molar-refractivity contribution >= 4 is 11.9 Å². The van der Waals surface area contributed by atoms with E-state index < -0.39 is 0 Å². The molecule has 1 N–H and O–H groups in total. The van der Waals surface area contributed by atoms with Crippen LogP contribution in [0.25, 0.3) is 0 Å². The molecule has 0 heterocycles. The number of benzene rings is 1. The zero-order valence-electron chi connectivity index (χ0n) is 11.6. The third kappa shape index (κ3) is 6.60. The van der Waals surface area contributed by atoms with Gasteiger partial charge in [0.1, 0.15) is 0 Å². The summed E-state index contributed by atoms with van der Waals surface area (Å²) in [7, 11) is 0. The summed E-state index contributed by atoms with van der Waals surface area (Å²) >= 11 is 0. The molecule has 4 heteroatoms. The molecule has 0 radical (unpaired) electrons. The van der Waals surface area contributed by atoms with Crippen LogP contribution in [0.4, 0.5) is 0 Å². The van der Waals surface area contributed by atoms with E-state index in [1.165, 1.54) is 5.56 Å². The Bertz CT molecular complexity index is 429. The zero-order valence-corrected chi connectivity index (χ0v) is 11.6. The van der Waals surface area contributed by atoms with Gasteiger partial charge in [-0.3, -0.25) is 9.59 Å². The Morgan fingerprint density at radius 2 is 2.05 bits per heavy atom. The smallest absolute Gasteiger partial charge is 0.307 e. The number of carbonyl (C=O) groups is 2. The van der Waals surface area contributed by atoms with Crippen LogP contribution in [0.15, 0.2) is 24.3 Å². The van der Waals surface area contributed by atoms with Crippen LogP contribution in [-0.4, -0.2) is 25.0 Å². The second kappa shape index (κ2) is 8.29. The van der Waals surface area contributed by atoms with E-state index in [0.717, 1.165) is 5.56 Å². The van der Waals surface area contributed by atoms with Crippen LogP contribution < -0.4 is 5.32 Å². The summed E-state index contributed by atoms with van der Waals surface area (Å²) in [5.41, 5.74) is 2.35. The fourth-order valence-corrected chi connectivity index (χ4v) is 1.75. The third-order valence-electron chi connectivity index (χ3n) is 2.68. The topological polar surface area (TPSA) is 55.4 Å². The summed E-state index contributed by atoms with van der Waals surface area (Å²) in [5.74, 6) is -0.313.